The van der Waals surface area contributed by atoms with Crippen LogP contribution in [0.5, 0.6) is 0 Å². The molecule has 2 radical (unpaired) electrons. The van der Waals surface area contributed by atoms with Crippen LogP contribution in [-0.2, 0) is 10.1 Å². The van der Waals surface area contributed by atoms with Crippen molar-refractivity contribution in [2.45, 2.75) is 0 Å². The molecule has 0 bridgehead atoms. The Hall–Kier alpha value is 1.42. The fourth-order valence-corrected chi connectivity index (χ4v) is 0. The molecule has 0 aliphatic rings. The van der Waals surface area contributed by atoms with E-state index < -0.39 is 10.1 Å². The molecule has 3 nitrogen and oxygen atoms in total. The smallest absolute Gasteiger partial charge is 0.261 e. The van der Waals surface area contributed by atoms with Gasteiger partial charge in [-0.1, -0.05) is 0 Å². The summed E-state index contributed by atoms with van der Waals surface area (Å²) in [6.07, 6.45) is 0.715. The molecule has 1 N–H and O–H groups in total. The second-order valence-corrected chi connectivity index (χ2v) is 2.20. The summed E-state index contributed by atoms with van der Waals surface area (Å²) in [5.41, 5.74) is 0. The molecule has 0 heterocycles. The molecule has 0 atom stereocenters. The van der Waals surface area contributed by atoms with Crippen LogP contribution >= 0.6 is 0 Å². The molecular formula is CH4EuFO3S. The van der Waals surface area contributed by atoms with Crippen molar-refractivity contribution in [1.82, 2.24) is 0 Å². The maximum atomic E-state index is 9.19. The predicted octanol–water partition coefficient (Wildman–Crippen LogP) is -0.0758. The molecule has 0 rings (SSSR count). The third-order valence-electron chi connectivity index (χ3n) is 0. The van der Waals surface area contributed by atoms with Crippen LogP contribution in [0.3, 0.4) is 0 Å². The van der Waals surface area contributed by atoms with Crippen molar-refractivity contribution in [1.29, 1.82) is 0 Å². The van der Waals surface area contributed by atoms with Crippen LogP contribution in [0.25, 0.3) is 0 Å². The van der Waals surface area contributed by atoms with Gasteiger partial charge in [0.15, 0.2) is 0 Å². The first-order valence-electron chi connectivity index (χ1n) is 0.924. The van der Waals surface area contributed by atoms with Crippen LogP contribution < -0.4 is 0 Å². The number of hydrogen-bond acceptors (Lipinski definition) is 2. The summed E-state index contributed by atoms with van der Waals surface area (Å²) < 4.78 is 25.9. The molecule has 7 heavy (non-hydrogen) atoms. The van der Waals surface area contributed by atoms with E-state index in [9.17, 15) is 8.42 Å². The zero-order valence-electron chi connectivity index (χ0n) is 3.43. The van der Waals surface area contributed by atoms with E-state index >= 15 is 0 Å². The molecule has 46 valence electrons. The molecule has 0 unspecified atom stereocenters. The van der Waals surface area contributed by atoms with Gasteiger partial charge >= 0.3 is 0 Å². The molecule has 0 aromatic carbocycles. The molecule has 0 aliphatic carbocycles. The quantitative estimate of drug-likeness (QED) is 0.625. The number of hydrogen-bond donors (Lipinski definition) is 1. The van der Waals surface area contributed by atoms with Crippen molar-refractivity contribution < 1.29 is 67.1 Å². The standard InChI is InChI=1S/CH4O3S.Eu.F/c1-5(2,3)4;;/h1H3,(H,2,3,4);;. The maximum Gasteiger partial charge on any atom is 0.261 e. The van der Waals surface area contributed by atoms with Gasteiger partial charge in [0.25, 0.3) is 10.1 Å². The Kier molecular flexibility index (Phi) is 12.5. The van der Waals surface area contributed by atoms with Crippen LogP contribution in [-0.4, -0.2) is 19.2 Å². The average Bonchev–Trinajstić information content (AvgIpc) is 0.722. The fraction of sp³-hybridized carbons (Fsp3) is 1.00. The van der Waals surface area contributed by atoms with E-state index in [2.05, 4.69) is 0 Å². The van der Waals surface area contributed by atoms with Crippen molar-refractivity contribution in [3.8, 4) is 0 Å². The van der Waals surface area contributed by atoms with Gasteiger partial charge in [-0.2, -0.15) is 8.42 Å². The second kappa shape index (κ2) is 5.56. The Bertz CT molecular complexity index is 98.1. The van der Waals surface area contributed by atoms with Crippen LogP contribution in [0, 0.1) is 49.4 Å². The Balaban J connectivity index is -0.0000000800. The van der Waals surface area contributed by atoms with Gasteiger partial charge < -0.3 is 0 Å². The summed E-state index contributed by atoms with van der Waals surface area (Å²) in [5.74, 6) is 0. The van der Waals surface area contributed by atoms with Crippen LogP contribution in [0.4, 0.5) is 4.70 Å². The largest absolute Gasteiger partial charge is 0.286 e. The van der Waals surface area contributed by atoms with Crippen molar-refractivity contribution in [2.24, 2.45) is 0 Å². The Morgan fingerprint density at radius 3 is 1.43 bits per heavy atom. The monoisotopic (exact) mass is 268 g/mol. The first kappa shape index (κ1) is 15.8. The van der Waals surface area contributed by atoms with Gasteiger partial charge in [-0.15, -0.1) is 0 Å². The van der Waals surface area contributed by atoms with Crippen molar-refractivity contribution in [2.75, 3.05) is 6.26 Å². The minimum absolute atomic E-state index is 0. The number of halogens is 1. The molecule has 0 saturated carbocycles. The summed E-state index contributed by atoms with van der Waals surface area (Å²) in [6, 6.07) is 0. The number of rotatable bonds is 0. The Morgan fingerprint density at radius 1 is 1.43 bits per heavy atom. The average molecular weight is 267 g/mol. The van der Waals surface area contributed by atoms with Crippen molar-refractivity contribution >= 4 is 10.1 Å². The summed E-state index contributed by atoms with van der Waals surface area (Å²) >= 11 is 0. The minimum Gasteiger partial charge on any atom is -0.286 e. The van der Waals surface area contributed by atoms with Crippen LogP contribution in [0.15, 0.2) is 0 Å². The van der Waals surface area contributed by atoms with E-state index in [1.807, 2.05) is 0 Å². The molecule has 6 heteroatoms. The Morgan fingerprint density at radius 2 is 1.43 bits per heavy atom. The molecule has 0 saturated heterocycles. The SMILES string of the molecule is CS(=O)(=O)O.[Eu].[F]. The summed E-state index contributed by atoms with van der Waals surface area (Å²) in [6.45, 7) is 0. The van der Waals surface area contributed by atoms with Gasteiger partial charge in [-0.3, -0.25) is 4.55 Å². The van der Waals surface area contributed by atoms with E-state index in [4.69, 9.17) is 4.55 Å². The van der Waals surface area contributed by atoms with E-state index in [1.54, 1.807) is 0 Å². The van der Waals surface area contributed by atoms with E-state index in [0.29, 0.717) is 6.26 Å². The first-order chi connectivity index (χ1) is 2.00. The third-order valence-corrected chi connectivity index (χ3v) is 0. The molecule has 0 aromatic heterocycles. The summed E-state index contributed by atoms with van der Waals surface area (Å²) in [4.78, 5) is 0. The zero-order chi connectivity index (χ0) is 4.50. The van der Waals surface area contributed by atoms with E-state index in [-0.39, 0.29) is 54.1 Å². The van der Waals surface area contributed by atoms with Gasteiger partial charge in [0.1, 0.15) is 0 Å². The van der Waals surface area contributed by atoms with Crippen LogP contribution in [0.1, 0.15) is 0 Å². The van der Waals surface area contributed by atoms with Gasteiger partial charge in [0, 0.05) is 54.1 Å². The fourth-order valence-electron chi connectivity index (χ4n) is 0. The van der Waals surface area contributed by atoms with E-state index in [0.717, 1.165) is 0 Å². The van der Waals surface area contributed by atoms with Gasteiger partial charge in [-0.25, -0.2) is 0 Å². The van der Waals surface area contributed by atoms with Crippen LogP contribution in [0.2, 0.25) is 0 Å². The predicted molar refractivity (Wildman–Crippen MR) is 18.6 cm³/mol. The molecule has 0 amide bonds. The molecule has 0 spiro atoms. The van der Waals surface area contributed by atoms with Crippen molar-refractivity contribution in [3.05, 3.63) is 0 Å². The topological polar surface area (TPSA) is 54.4 Å². The Labute approximate surface area is 82.1 Å². The first-order valence-corrected chi connectivity index (χ1v) is 2.77. The minimum atomic E-state index is -3.67. The molecule has 0 fully saturated rings. The maximum absolute atomic E-state index is 9.19. The molecular weight excluding hydrogens is 263 g/mol. The zero-order valence-corrected chi connectivity index (χ0v) is 6.67. The van der Waals surface area contributed by atoms with Gasteiger partial charge in [0.2, 0.25) is 0 Å². The third kappa shape index (κ3) is 108. The molecule has 0 aromatic rings. The van der Waals surface area contributed by atoms with Gasteiger partial charge in [0.05, 0.1) is 6.26 Å². The normalized spacial score (nSPS) is 8.29. The molecule has 0 aliphatic heterocycles. The summed E-state index contributed by atoms with van der Waals surface area (Å²) in [7, 11) is -3.67. The second-order valence-electron chi connectivity index (χ2n) is 0.733. The van der Waals surface area contributed by atoms with Gasteiger partial charge in [-0.05, 0) is 0 Å². The van der Waals surface area contributed by atoms with Crippen molar-refractivity contribution in [3.63, 3.8) is 0 Å². The van der Waals surface area contributed by atoms with E-state index in [1.165, 1.54) is 0 Å². The summed E-state index contributed by atoms with van der Waals surface area (Å²) in [5, 5.41) is 0.